The number of hydrogen-bond acceptors (Lipinski definition) is 3. The summed E-state index contributed by atoms with van der Waals surface area (Å²) in [6.45, 7) is 1.64. The van der Waals surface area contributed by atoms with Crippen LogP contribution in [0.25, 0.3) is 0 Å². The van der Waals surface area contributed by atoms with Crippen molar-refractivity contribution in [2.24, 2.45) is 0 Å². The minimum absolute atomic E-state index is 0.0582. The second kappa shape index (κ2) is 6.14. The molecule has 0 spiro atoms. The first-order valence-electron chi connectivity index (χ1n) is 8.53. The summed E-state index contributed by atoms with van der Waals surface area (Å²) in [6, 6.07) is 8.82. The lowest BCUT2D eigenvalue weighted by Crippen LogP contribution is -2.42. The Balaban J connectivity index is 1.45. The van der Waals surface area contributed by atoms with E-state index in [1.165, 1.54) is 11.1 Å². The molecule has 1 fully saturated rings. The zero-order valence-electron chi connectivity index (χ0n) is 13.3. The number of aryl methyl sites for hydroxylation is 1. The number of benzene rings is 1. The van der Waals surface area contributed by atoms with Gasteiger partial charge in [-0.2, -0.15) is 5.10 Å². The van der Waals surface area contributed by atoms with Gasteiger partial charge in [0.25, 0.3) is 0 Å². The zero-order chi connectivity index (χ0) is 15.6. The lowest BCUT2D eigenvalue weighted by Gasteiger charge is -2.35. The molecule has 5 nitrogen and oxygen atoms in total. The molecule has 0 unspecified atom stereocenters. The van der Waals surface area contributed by atoms with Gasteiger partial charge in [-0.25, -0.2) is 9.67 Å². The Morgan fingerprint density at radius 2 is 1.96 bits per heavy atom. The summed E-state index contributed by atoms with van der Waals surface area (Å²) in [5.41, 5.74) is 2.61. The minimum Gasteiger partial charge on any atom is -0.342 e. The summed E-state index contributed by atoms with van der Waals surface area (Å²) in [4.78, 5) is 19.1. The van der Waals surface area contributed by atoms with Crippen molar-refractivity contribution >= 4 is 5.91 Å². The summed E-state index contributed by atoms with van der Waals surface area (Å²) < 4.78 is 1.93. The van der Waals surface area contributed by atoms with E-state index in [-0.39, 0.29) is 5.92 Å². The number of hydrogen-bond donors (Lipinski definition) is 0. The number of amides is 1. The fourth-order valence-corrected chi connectivity index (χ4v) is 3.99. The van der Waals surface area contributed by atoms with Crippen LogP contribution in [0.4, 0.5) is 0 Å². The maximum absolute atomic E-state index is 13.0. The Kier molecular flexibility index (Phi) is 3.85. The molecule has 2 aromatic rings. The number of fused-ring (bicyclic) bond motifs is 1. The molecule has 1 aromatic carbocycles. The van der Waals surface area contributed by atoms with Crippen LogP contribution in [0.2, 0.25) is 0 Å². The van der Waals surface area contributed by atoms with Gasteiger partial charge in [-0.3, -0.25) is 4.79 Å². The number of carbonyl (C=O) groups is 1. The van der Waals surface area contributed by atoms with Crippen LogP contribution in [0.5, 0.6) is 0 Å². The quantitative estimate of drug-likeness (QED) is 0.856. The number of likely N-dealkylation sites (tertiary alicyclic amines) is 1. The van der Waals surface area contributed by atoms with Crippen LogP contribution in [0.3, 0.4) is 0 Å². The predicted molar refractivity (Wildman–Crippen MR) is 87.0 cm³/mol. The van der Waals surface area contributed by atoms with Crippen molar-refractivity contribution < 1.29 is 4.79 Å². The van der Waals surface area contributed by atoms with Crippen LogP contribution in [-0.4, -0.2) is 38.7 Å². The normalized spacial score (nSPS) is 21.9. The Morgan fingerprint density at radius 3 is 2.74 bits per heavy atom. The Hall–Kier alpha value is -2.17. The Labute approximate surface area is 136 Å². The van der Waals surface area contributed by atoms with E-state index in [2.05, 4.69) is 39.2 Å². The number of carbonyl (C=O) groups excluding carboxylic acids is 1. The highest BCUT2D eigenvalue weighted by molar-refractivity contribution is 5.84. The van der Waals surface area contributed by atoms with Crippen LogP contribution in [0.15, 0.2) is 36.9 Å². The average molecular weight is 310 g/mol. The maximum Gasteiger partial charge on any atom is 0.230 e. The van der Waals surface area contributed by atoms with E-state index in [9.17, 15) is 4.79 Å². The van der Waals surface area contributed by atoms with Gasteiger partial charge in [-0.1, -0.05) is 24.3 Å². The number of piperidine rings is 1. The molecule has 2 aliphatic rings. The molecule has 1 amide bonds. The molecule has 2 heterocycles. The highest BCUT2D eigenvalue weighted by atomic mass is 16.2. The van der Waals surface area contributed by atoms with E-state index >= 15 is 0 Å². The number of aromatic nitrogens is 3. The predicted octanol–water partition coefficient (Wildman–Crippen LogP) is 2.56. The van der Waals surface area contributed by atoms with Crippen molar-refractivity contribution in [1.82, 2.24) is 19.7 Å². The zero-order valence-corrected chi connectivity index (χ0v) is 13.3. The topological polar surface area (TPSA) is 51.0 Å². The SMILES string of the molecule is O=C([C@H]1CCCc2ccccc21)N1CCC(n2cncn2)CC1. The van der Waals surface area contributed by atoms with E-state index in [4.69, 9.17) is 0 Å². The standard InChI is InChI=1S/C18H22N4O/c23-18(17-7-3-5-14-4-1-2-6-16(14)17)21-10-8-15(9-11-21)22-13-19-12-20-22/h1-2,4,6,12-13,15,17H,3,5,7-11H2/t17-/m0/s1. The fraction of sp³-hybridized carbons (Fsp3) is 0.500. The molecule has 120 valence electrons. The van der Waals surface area contributed by atoms with Crippen LogP contribution >= 0.6 is 0 Å². The van der Waals surface area contributed by atoms with Crippen molar-refractivity contribution in [3.05, 3.63) is 48.0 Å². The molecule has 0 radical (unpaired) electrons. The average Bonchev–Trinajstić information content (AvgIpc) is 3.15. The second-order valence-electron chi connectivity index (χ2n) is 6.58. The third kappa shape index (κ3) is 2.76. The van der Waals surface area contributed by atoms with Gasteiger partial charge in [0.05, 0.1) is 12.0 Å². The van der Waals surface area contributed by atoms with Crippen LogP contribution < -0.4 is 0 Å². The van der Waals surface area contributed by atoms with E-state index in [1.54, 1.807) is 12.7 Å². The van der Waals surface area contributed by atoms with Gasteiger partial charge < -0.3 is 4.90 Å². The summed E-state index contributed by atoms with van der Waals surface area (Å²) in [5, 5.41) is 4.23. The molecule has 23 heavy (non-hydrogen) atoms. The van der Waals surface area contributed by atoms with Gasteiger partial charge in [-0.15, -0.1) is 0 Å². The van der Waals surface area contributed by atoms with Crippen LogP contribution in [0, 0.1) is 0 Å². The van der Waals surface area contributed by atoms with Crippen LogP contribution in [-0.2, 0) is 11.2 Å². The largest absolute Gasteiger partial charge is 0.342 e. The first-order chi connectivity index (χ1) is 11.3. The highest BCUT2D eigenvalue weighted by Gasteiger charge is 2.32. The van der Waals surface area contributed by atoms with Crippen molar-refractivity contribution in [3.8, 4) is 0 Å². The molecule has 0 N–H and O–H groups in total. The fourth-order valence-electron chi connectivity index (χ4n) is 3.99. The first kappa shape index (κ1) is 14.4. The van der Waals surface area contributed by atoms with Crippen molar-refractivity contribution in [3.63, 3.8) is 0 Å². The van der Waals surface area contributed by atoms with Crippen molar-refractivity contribution in [1.29, 1.82) is 0 Å². The summed E-state index contributed by atoms with van der Waals surface area (Å²) in [6.07, 6.45) is 8.49. The molecule has 0 saturated carbocycles. The van der Waals surface area contributed by atoms with Crippen molar-refractivity contribution in [2.75, 3.05) is 13.1 Å². The third-order valence-electron chi connectivity index (χ3n) is 5.25. The second-order valence-corrected chi connectivity index (χ2v) is 6.58. The van der Waals surface area contributed by atoms with E-state index in [0.29, 0.717) is 11.9 Å². The molecule has 0 bridgehead atoms. The summed E-state index contributed by atoms with van der Waals surface area (Å²) >= 11 is 0. The van der Waals surface area contributed by atoms with E-state index in [1.807, 2.05) is 4.68 Å². The highest BCUT2D eigenvalue weighted by Crippen LogP contribution is 2.34. The molecular weight excluding hydrogens is 288 g/mol. The van der Waals surface area contributed by atoms with Gasteiger partial charge in [0.15, 0.2) is 0 Å². The van der Waals surface area contributed by atoms with E-state index < -0.39 is 0 Å². The van der Waals surface area contributed by atoms with Gasteiger partial charge in [0.2, 0.25) is 5.91 Å². The molecule has 1 saturated heterocycles. The minimum atomic E-state index is 0.0582. The molecule has 1 aliphatic heterocycles. The van der Waals surface area contributed by atoms with Gasteiger partial charge in [0, 0.05) is 13.1 Å². The summed E-state index contributed by atoms with van der Waals surface area (Å²) in [5.74, 6) is 0.372. The molecular formula is C18H22N4O. The molecule has 1 atom stereocenters. The van der Waals surface area contributed by atoms with Crippen molar-refractivity contribution in [2.45, 2.75) is 44.1 Å². The smallest absolute Gasteiger partial charge is 0.230 e. The third-order valence-corrected chi connectivity index (χ3v) is 5.25. The lowest BCUT2D eigenvalue weighted by atomic mass is 9.82. The lowest BCUT2D eigenvalue weighted by molar-refractivity contribution is -0.134. The monoisotopic (exact) mass is 310 g/mol. The molecule has 5 heteroatoms. The number of nitrogens with zero attached hydrogens (tertiary/aromatic N) is 4. The Bertz CT molecular complexity index is 674. The number of rotatable bonds is 2. The Morgan fingerprint density at radius 1 is 1.13 bits per heavy atom. The molecule has 1 aromatic heterocycles. The first-order valence-corrected chi connectivity index (χ1v) is 8.53. The molecule has 1 aliphatic carbocycles. The van der Waals surface area contributed by atoms with Gasteiger partial charge in [0.1, 0.15) is 12.7 Å². The maximum atomic E-state index is 13.0. The van der Waals surface area contributed by atoms with Crippen LogP contribution in [0.1, 0.15) is 48.8 Å². The van der Waals surface area contributed by atoms with Gasteiger partial charge in [-0.05, 0) is 43.2 Å². The van der Waals surface area contributed by atoms with Gasteiger partial charge >= 0.3 is 0 Å². The van der Waals surface area contributed by atoms with E-state index in [0.717, 1.165) is 45.2 Å². The molecule has 4 rings (SSSR count). The summed E-state index contributed by atoms with van der Waals surface area (Å²) in [7, 11) is 0.